The molecule has 3 rings (SSSR count). The molecule has 0 aliphatic heterocycles. The minimum Gasteiger partial charge on any atom is -0.350 e. The second-order valence-electron chi connectivity index (χ2n) is 5.47. The van der Waals surface area contributed by atoms with Crippen molar-refractivity contribution in [3.8, 4) is 5.69 Å². The number of benzene rings is 1. The Morgan fingerprint density at radius 1 is 1.22 bits per heavy atom. The molecule has 8 nitrogen and oxygen atoms in total. The Labute approximate surface area is 164 Å². The van der Waals surface area contributed by atoms with Gasteiger partial charge in [0.2, 0.25) is 17.0 Å². The summed E-state index contributed by atoms with van der Waals surface area (Å²) in [4.78, 5) is 24.7. The van der Waals surface area contributed by atoms with E-state index in [4.69, 9.17) is 0 Å². The number of carbonyl (C=O) groups is 2. The molecule has 2 amide bonds. The number of carbonyl (C=O) groups excluding carboxylic acids is 2. The smallest absolute Gasteiger partial charge is 0.230 e. The third-order valence-electron chi connectivity index (χ3n) is 3.51. The molecule has 1 aromatic carbocycles. The van der Waals surface area contributed by atoms with Gasteiger partial charge in [-0.25, -0.2) is 0 Å². The van der Waals surface area contributed by atoms with Crippen molar-refractivity contribution >= 4 is 40.6 Å². The number of amides is 2. The highest BCUT2D eigenvalue weighted by Crippen LogP contribution is 2.20. The molecule has 0 aliphatic rings. The van der Waals surface area contributed by atoms with Crippen molar-refractivity contribution in [2.75, 3.05) is 11.1 Å². The van der Waals surface area contributed by atoms with Crippen molar-refractivity contribution in [2.24, 2.45) is 0 Å². The number of hydrogen-bond donors (Lipinski definition) is 2. The van der Waals surface area contributed by atoms with E-state index < -0.39 is 0 Å². The molecular weight excluding hydrogens is 384 g/mol. The van der Waals surface area contributed by atoms with Crippen LogP contribution in [0.2, 0.25) is 0 Å². The zero-order valence-corrected chi connectivity index (χ0v) is 16.2. The fraction of sp³-hybridized carbons (Fsp3) is 0.235. The zero-order chi connectivity index (χ0) is 19.1. The number of thiophene rings is 1. The lowest BCUT2D eigenvalue weighted by molar-refractivity contribution is -0.118. The number of nitrogens with one attached hydrogen (secondary N) is 2. The first-order chi connectivity index (χ1) is 13.2. The highest BCUT2D eigenvalue weighted by molar-refractivity contribution is 7.99. The minimum absolute atomic E-state index is 0.0686. The van der Waals surface area contributed by atoms with Gasteiger partial charge in [0.1, 0.15) is 0 Å². The van der Waals surface area contributed by atoms with Crippen molar-refractivity contribution in [1.29, 1.82) is 0 Å². The molecule has 0 saturated heterocycles. The SMILES string of the molecule is CCC(=O)Nc1cccc(-n2nnnc2SCC(=O)NCc2cccs2)c1. The van der Waals surface area contributed by atoms with E-state index in [9.17, 15) is 9.59 Å². The van der Waals surface area contributed by atoms with Crippen LogP contribution in [-0.4, -0.2) is 37.8 Å². The molecule has 2 heterocycles. The third-order valence-corrected chi connectivity index (χ3v) is 5.30. The van der Waals surface area contributed by atoms with Crippen LogP contribution in [0.4, 0.5) is 5.69 Å². The lowest BCUT2D eigenvalue weighted by Gasteiger charge is -2.08. The van der Waals surface area contributed by atoms with E-state index >= 15 is 0 Å². The second-order valence-corrected chi connectivity index (χ2v) is 7.44. The Morgan fingerprint density at radius 3 is 2.89 bits per heavy atom. The summed E-state index contributed by atoms with van der Waals surface area (Å²) in [6.07, 6.45) is 0.400. The Morgan fingerprint density at radius 2 is 2.11 bits per heavy atom. The molecular formula is C17H18N6O2S2. The number of tetrazole rings is 1. The van der Waals surface area contributed by atoms with E-state index in [2.05, 4.69) is 26.2 Å². The van der Waals surface area contributed by atoms with Crippen LogP contribution < -0.4 is 10.6 Å². The van der Waals surface area contributed by atoms with Gasteiger partial charge in [-0.1, -0.05) is 30.8 Å². The zero-order valence-electron chi connectivity index (χ0n) is 14.6. The molecule has 27 heavy (non-hydrogen) atoms. The van der Waals surface area contributed by atoms with E-state index in [-0.39, 0.29) is 17.6 Å². The first-order valence-electron chi connectivity index (χ1n) is 8.26. The fourth-order valence-electron chi connectivity index (χ4n) is 2.18. The van der Waals surface area contributed by atoms with Gasteiger partial charge in [-0.05, 0) is 40.1 Å². The van der Waals surface area contributed by atoms with Crippen LogP contribution in [0.15, 0.2) is 46.9 Å². The van der Waals surface area contributed by atoms with Gasteiger partial charge >= 0.3 is 0 Å². The van der Waals surface area contributed by atoms with Crippen LogP contribution in [0, 0.1) is 0 Å². The van der Waals surface area contributed by atoms with Gasteiger partial charge in [0.25, 0.3) is 0 Å². The van der Waals surface area contributed by atoms with Crippen LogP contribution in [0.3, 0.4) is 0 Å². The van der Waals surface area contributed by atoms with E-state index in [1.165, 1.54) is 11.8 Å². The molecule has 0 aliphatic carbocycles. The van der Waals surface area contributed by atoms with Gasteiger partial charge in [0.05, 0.1) is 18.0 Å². The van der Waals surface area contributed by atoms with Crippen molar-refractivity contribution in [2.45, 2.75) is 25.0 Å². The first-order valence-corrected chi connectivity index (χ1v) is 10.1. The normalized spacial score (nSPS) is 10.6. The molecule has 0 saturated carbocycles. The minimum atomic E-state index is -0.0908. The summed E-state index contributed by atoms with van der Waals surface area (Å²) >= 11 is 2.85. The highest BCUT2D eigenvalue weighted by Gasteiger charge is 2.12. The summed E-state index contributed by atoms with van der Waals surface area (Å²) in [6, 6.07) is 11.1. The molecule has 10 heteroatoms. The Balaban J connectivity index is 1.61. The van der Waals surface area contributed by atoms with E-state index in [0.29, 0.717) is 29.5 Å². The predicted octanol–water partition coefficient (Wildman–Crippen LogP) is 2.48. The van der Waals surface area contributed by atoms with E-state index in [1.807, 2.05) is 29.6 Å². The largest absolute Gasteiger partial charge is 0.350 e. The molecule has 2 aromatic heterocycles. The summed E-state index contributed by atoms with van der Waals surface area (Å²) in [7, 11) is 0. The Kier molecular flexibility index (Phi) is 6.55. The maximum atomic E-state index is 12.0. The molecule has 0 bridgehead atoms. The molecule has 0 radical (unpaired) electrons. The Bertz CT molecular complexity index is 910. The maximum absolute atomic E-state index is 12.0. The predicted molar refractivity (Wildman–Crippen MR) is 105 cm³/mol. The van der Waals surface area contributed by atoms with Crippen LogP contribution in [-0.2, 0) is 16.1 Å². The quantitative estimate of drug-likeness (QED) is 0.561. The van der Waals surface area contributed by atoms with E-state index in [1.54, 1.807) is 35.1 Å². The molecule has 2 N–H and O–H groups in total. The molecule has 0 atom stereocenters. The Hall–Kier alpha value is -2.72. The molecule has 3 aromatic rings. The summed E-state index contributed by atoms with van der Waals surface area (Å²) in [5, 5.41) is 19.8. The topological polar surface area (TPSA) is 102 Å². The van der Waals surface area contributed by atoms with Crippen LogP contribution in [0.5, 0.6) is 0 Å². The first kappa shape index (κ1) is 19.1. The lowest BCUT2D eigenvalue weighted by Crippen LogP contribution is -2.24. The monoisotopic (exact) mass is 402 g/mol. The number of hydrogen-bond acceptors (Lipinski definition) is 7. The fourth-order valence-corrected chi connectivity index (χ4v) is 3.54. The van der Waals surface area contributed by atoms with Gasteiger partial charge in [-0.2, -0.15) is 4.68 Å². The average Bonchev–Trinajstić information content (AvgIpc) is 3.36. The molecule has 0 unspecified atom stereocenters. The number of aromatic nitrogens is 4. The highest BCUT2D eigenvalue weighted by atomic mass is 32.2. The third kappa shape index (κ3) is 5.38. The number of rotatable bonds is 8. The van der Waals surface area contributed by atoms with Crippen molar-refractivity contribution in [1.82, 2.24) is 25.5 Å². The molecule has 0 fully saturated rings. The van der Waals surface area contributed by atoms with Crippen LogP contribution in [0.25, 0.3) is 5.69 Å². The van der Waals surface area contributed by atoms with Crippen molar-refractivity contribution < 1.29 is 9.59 Å². The van der Waals surface area contributed by atoms with Crippen molar-refractivity contribution in [3.63, 3.8) is 0 Å². The van der Waals surface area contributed by atoms with Crippen LogP contribution in [0.1, 0.15) is 18.2 Å². The lowest BCUT2D eigenvalue weighted by atomic mass is 10.2. The summed E-state index contributed by atoms with van der Waals surface area (Å²) in [5.41, 5.74) is 1.37. The summed E-state index contributed by atoms with van der Waals surface area (Å²) < 4.78 is 1.54. The van der Waals surface area contributed by atoms with Crippen LogP contribution >= 0.6 is 23.1 Å². The van der Waals surface area contributed by atoms with Gasteiger partial charge < -0.3 is 10.6 Å². The summed E-state index contributed by atoms with van der Waals surface area (Å²) in [5.74, 6) is 0.0469. The van der Waals surface area contributed by atoms with Gasteiger partial charge in [-0.3, -0.25) is 9.59 Å². The van der Waals surface area contributed by atoms with Gasteiger partial charge in [0, 0.05) is 17.0 Å². The van der Waals surface area contributed by atoms with Crippen molar-refractivity contribution in [3.05, 3.63) is 46.7 Å². The second kappa shape index (κ2) is 9.28. The standard InChI is InChI=1S/C17H18N6O2S2/c1-2-15(24)19-12-5-3-6-13(9-12)23-17(20-21-22-23)27-11-16(25)18-10-14-7-4-8-26-14/h3-9H,2,10-11H2,1H3,(H,18,25)(H,19,24). The maximum Gasteiger partial charge on any atom is 0.230 e. The summed E-state index contributed by atoms with van der Waals surface area (Å²) in [6.45, 7) is 2.31. The average molecular weight is 403 g/mol. The number of anilines is 1. The molecule has 140 valence electrons. The number of thioether (sulfide) groups is 1. The van der Waals surface area contributed by atoms with Gasteiger partial charge in [0.15, 0.2) is 0 Å². The number of nitrogens with zero attached hydrogens (tertiary/aromatic N) is 4. The van der Waals surface area contributed by atoms with Gasteiger partial charge in [-0.15, -0.1) is 16.4 Å². The van der Waals surface area contributed by atoms with E-state index in [0.717, 1.165) is 4.88 Å². The molecule has 0 spiro atoms.